The van der Waals surface area contributed by atoms with Crippen LogP contribution in [0.2, 0.25) is 0 Å². The average molecular weight is 487 g/mol. The summed E-state index contributed by atoms with van der Waals surface area (Å²) in [5, 5.41) is 21.2. The summed E-state index contributed by atoms with van der Waals surface area (Å²) in [7, 11) is 0. The number of nitrogens with two attached hydrogens (primary N) is 2. The van der Waals surface area contributed by atoms with Crippen molar-refractivity contribution >= 4 is 23.9 Å². The van der Waals surface area contributed by atoms with Gasteiger partial charge in [-0.05, 0) is 24.3 Å². The van der Waals surface area contributed by atoms with E-state index in [1.165, 1.54) is 24.3 Å². The predicted octanol–water partition coefficient (Wildman–Crippen LogP) is 3.68. The van der Waals surface area contributed by atoms with Crippen LogP contribution in [-0.2, 0) is 16.8 Å². The first-order valence-electron chi connectivity index (χ1n) is 9.51. The minimum atomic E-state index is -0.215. The second-order valence-electron chi connectivity index (χ2n) is 6.13. The van der Waals surface area contributed by atoms with Gasteiger partial charge in [-0.3, -0.25) is 9.59 Å². The average Bonchev–Trinajstić information content (AvgIpc) is 2.82. The molecule has 4 rings (SSSR count). The van der Waals surface area contributed by atoms with Gasteiger partial charge in [0, 0.05) is 22.5 Å². The molecule has 0 spiro atoms. The molecule has 0 saturated carbocycles. The molecule has 6 nitrogen and oxygen atoms in total. The van der Waals surface area contributed by atoms with Crippen molar-refractivity contribution in [3.63, 3.8) is 0 Å². The summed E-state index contributed by atoms with van der Waals surface area (Å²) < 4.78 is 0. The van der Waals surface area contributed by atoms with Gasteiger partial charge in [0.1, 0.15) is 12.6 Å². The Bertz CT molecular complexity index is 975. The molecule has 7 heteroatoms. The molecule has 0 aliphatic rings. The van der Waals surface area contributed by atoms with E-state index < -0.39 is 0 Å². The van der Waals surface area contributed by atoms with Gasteiger partial charge in [0.25, 0.3) is 0 Å². The molecule has 0 heterocycles. The first kappa shape index (κ1) is 28.9. The van der Waals surface area contributed by atoms with Crippen LogP contribution in [-0.4, -0.2) is 12.6 Å². The van der Waals surface area contributed by atoms with Crippen molar-refractivity contribution in [1.82, 2.24) is 0 Å². The van der Waals surface area contributed by atoms with Crippen molar-refractivity contribution in [2.24, 2.45) is 0 Å². The Morgan fingerprint density at radius 2 is 0.758 bits per heavy atom. The largest absolute Gasteiger partial charge is 2.00 e. The number of para-hydroxylation sites is 4. The van der Waals surface area contributed by atoms with Gasteiger partial charge < -0.3 is 21.7 Å². The van der Waals surface area contributed by atoms with Crippen LogP contribution in [0.4, 0.5) is 11.4 Å². The maximum absolute atomic E-state index is 10.6. The number of aldehydes is 2. The molecule has 0 aliphatic heterocycles. The van der Waals surface area contributed by atoms with Gasteiger partial charge in [-0.15, -0.1) is 0 Å². The molecule has 0 fully saturated rings. The first-order chi connectivity index (χ1) is 15.5. The molecular formula is C26H24CoN2O4. The van der Waals surface area contributed by atoms with E-state index in [9.17, 15) is 19.8 Å². The van der Waals surface area contributed by atoms with E-state index in [0.717, 1.165) is 11.4 Å². The molecule has 4 N–H and O–H groups in total. The number of nitrogen functional groups attached to an aromatic ring is 2. The Labute approximate surface area is 203 Å². The standard InChI is InChI=1S/2C7H6O2.2C6H7N.Co/c2*8-5-6-3-1-2-4-7(6)9;2*7-6-4-2-1-3-5-6;/h2*1-5,9H;2*1-5H,7H2;/q;;;;+2/p-2. The number of hydrogen-bond acceptors (Lipinski definition) is 6. The van der Waals surface area contributed by atoms with Crippen LogP contribution < -0.4 is 21.7 Å². The molecule has 0 bridgehead atoms. The molecule has 0 amide bonds. The van der Waals surface area contributed by atoms with Gasteiger partial charge in [-0.25, -0.2) is 0 Å². The van der Waals surface area contributed by atoms with Gasteiger partial charge in [0.05, 0.1) is 0 Å². The molecule has 33 heavy (non-hydrogen) atoms. The van der Waals surface area contributed by atoms with E-state index >= 15 is 0 Å². The Balaban J connectivity index is 0.000000412. The second kappa shape index (κ2) is 17.6. The zero-order valence-corrected chi connectivity index (χ0v) is 18.7. The number of hydrogen-bond donors (Lipinski definition) is 2. The van der Waals surface area contributed by atoms with Gasteiger partial charge in [-0.1, -0.05) is 96.4 Å². The first-order valence-corrected chi connectivity index (χ1v) is 9.51. The smallest absolute Gasteiger partial charge is 0.872 e. The van der Waals surface area contributed by atoms with Crippen LogP contribution in [0.5, 0.6) is 11.5 Å². The van der Waals surface area contributed by atoms with Crippen molar-refractivity contribution in [3.8, 4) is 11.5 Å². The molecule has 0 aliphatic carbocycles. The number of carbonyl (C=O) groups excluding carboxylic acids is 2. The van der Waals surface area contributed by atoms with Crippen LogP contribution in [0.15, 0.2) is 109 Å². The van der Waals surface area contributed by atoms with Crippen molar-refractivity contribution in [2.75, 3.05) is 11.5 Å². The van der Waals surface area contributed by atoms with Gasteiger partial charge >= 0.3 is 16.8 Å². The molecule has 0 atom stereocenters. The van der Waals surface area contributed by atoms with E-state index in [0.29, 0.717) is 12.6 Å². The molecule has 4 aromatic carbocycles. The Morgan fingerprint density at radius 3 is 0.939 bits per heavy atom. The monoisotopic (exact) mass is 487 g/mol. The van der Waals surface area contributed by atoms with Crippen molar-refractivity contribution in [3.05, 3.63) is 120 Å². The van der Waals surface area contributed by atoms with Crippen LogP contribution >= 0.6 is 0 Å². The van der Waals surface area contributed by atoms with Crippen molar-refractivity contribution in [1.29, 1.82) is 0 Å². The van der Waals surface area contributed by atoms with Crippen LogP contribution in [0.25, 0.3) is 0 Å². The normalized spacial score (nSPS) is 8.48. The molecular weight excluding hydrogens is 463 g/mol. The van der Waals surface area contributed by atoms with Crippen LogP contribution in [0.3, 0.4) is 0 Å². The van der Waals surface area contributed by atoms with E-state index in [1.807, 2.05) is 60.7 Å². The molecule has 0 aromatic heterocycles. The quantitative estimate of drug-likeness (QED) is 0.327. The SMILES string of the molecule is Nc1ccccc1.Nc1ccccc1.O=Cc1ccccc1[O-].O=Cc1ccccc1[O-].[Co+2]. The number of carbonyl (C=O) groups is 2. The predicted molar refractivity (Wildman–Crippen MR) is 124 cm³/mol. The summed E-state index contributed by atoms with van der Waals surface area (Å²) in [6.45, 7) is 0. The van der Waals surface area contributed by atoms with Crippen molar-refractivity contribution < 1.29 is 36.6 Å². The molecule has 4 aromatic rings. The number of anilines is 2. The van der Waals surface area contributed by atoms with E-state index in [1.54, 1.807) is 24.3 Å². The minimum absolute atomic E-state index is 0. The Hall–Kier alpha value is -4.07. The van der Waals surface area contributed by atoms with E-state index in [-0.39, 0.29) is 39.4 Å². The molecule has 1 radical (unpaired) electrons. The maximum Gasteiger partial charge on any atom is 2.00 e. The summed E-state index contributed by atoms with van der Waals surface area (Å²) in [6, 6.07) is 31.2. The fraction of sp³-hybridized carbons (Fsp3) is 0. The summed E-state index contributed by atoms with van der Waals surface area (Å²) in [5.74, 6) is -0.431. The Kier molecular flexibility index (Phi) is 15.4. The maximum atomic E-state index is 10.6. The summed E-state index contributed by atoms with van der Waals surface area (Å²) >= 11 is 0. The van der Waals surface area contributed by atoms with Crippen LogP contribution in [0.1, 0.15) is 20.7 Å². The van der Waals surface area contributed by atoms with E-state index in [4.69, 9.17) is 11.5 Å². The zero-order chi connectivity index (χ0) is 23.6. The third-order valence-corrected chi connectivity index (χ3v) is 3.69. The van der Waals surface area contributed by atoms with E-state index in [2.05, 4.69) is 0 Å². The minimum Gasteiger partial charge on any atom is -0.872 e. The van der Waals surface area contributed by atoms with Crippen LogP contribution in [0, 0.1) is 0 Å². The van der Waals surface area contributed by atoms with Crippen molar-refractivity contribution in [2.45, 2.75) is 0 Å². The Morgan fingerprint density at radius 1 is 0.485 bits per heavy atom. The fourth-order valence-electron chi connectivity index (χ4n) is 2.06. The van der Waals surface area contributed by atoms with Gasteiger partial charge in [0.2, 0.25) is 0 Å². The molecule has 0 unspecified atom stereocenters. The summed E-state index contributed by atoms with van der Waals surface area (Å²) in [5.41, 5.74) is 12.8. The third kappa shape index (κ3) is 13.1. The number of benzene rings is 4. The molecule has 0 saturated heterocycles. The van der Waals surface area contributed by atoms with Gasteiger partial charge in [-0.2, -0.15) is 0 Å². The summed E-state index contributed by atoms with van der Waals surface area (Å²) in [6.07, 6.45) is 1.12. The van der Waals surface area contributed by atoms with Gasteiger partial charge in [0.15, 0.2) is 0 Å². The zero-order valence-electron chi connectivity index (χ0n) is 17.7. The second-order valence-corrected chi connectivity index (χ2v) is 6.13. The fourth-order valence-corrected chi connectivity index (χ4v) is 2.06. The third-order valence-electron chi connectivity index (χ3n) is 3.69. The molecule has 171 valence electrons. The number of rotatable bonds is 2. The topological polar surface area (TPSA) is 132 Å². The summed E-state index contributed by atoms with van der Waals surface area (Å²) in [4.78, 5) is 20.1.